The maximum atomic E-state index is 9.50. The molecule has 0 radical (unpaired) electrons. The van der Waals surface area contributed by atoms with Crippen LogP contribution in [0.4, 0.5) is 0 Å². The average Bonchev–Trinajstić information content (AvgIpc) is 2.40. The lowest BCUT2D eigenvalue weighted by Crippen LogP contribution is -2.53. The summed E-state index contributed by atoms with van der Waals surface area (Å²) in [4.78, 5) is 6.40. The normalized spacial score (nSPS) is 24.6. The molecule has 0 spiro atoms. The van der Waals surface area contributed by atoms with Crippen molar-refractivity contribution in [2.24, 2.45) is 16.3 Å². The van der Waals surface area contributed by atoms with Crippen LogP contribution in [0.3, 0.4) is 0 Å². The monoisotopic (exact) mass is 255 g/mol. The molecule has 0 aliphatic carbocycles. The zero-order valence-corrected chi connectivity index (χ0v) is 11.6. The van der Waals surface area contributed by atoms with E-state index < -0.39 is 0 Å². The molecule has 1 aliphatic rings. The minimum Gasteiger partial charge on any atom is -0.396 e. The van der Waals surface area contributed by atoms with Gasteiger partial charge < -0.3 is 20.4 Å². The number of allylic oxidation sites excluding steroid dienone is 1. The molecule has 1 saturated heterocycles. The van der Waals surface area contributed by atoms with Crippen LogP contribution in [-0.4, -0.2) is 54.4 Å². The lowest BCUT2D eigenvalue weighted by Gasteiger charge is -2.45. The Hall–Kier alpha value is -1.07. The van der Waals surface area contributed by atoms with Crippen molar-refractivity contribution in [3.8, 4) is 0 Å². The fraction of sp³-hybridized carbons (Fsp3) is 0.769. The first-order valence-electron chi connectivity index (χ1n) is 6.44. The molecule has 0 aromatic rings. The van der Waals surface area contributed by atoms with Crippen molar-refractivity contribution in [1.29, 1.82) is 0 Å². The molecule has 104 valence electrons. The van der Waals surface area contributed by atoms with Crippen LogP contribution in [0.1, 0.15) is 20.3 Å². The van der Waals surface area contributed by atoms with E-state index in [1.54, 1.807) is 7.05 Å². The molecule has 5 heteroatoms. The maximum absolute atomic E-state index is 9.50. The molecule has 1 unspecified atom stereocenters. The Bertz CT molecular complexity index is 311. The maximum Gasteiger partial charge on any atom is 0.197 e. The van der Waals surface area contributed by atoms with E-state index in [-0.39, 0.29) is 24.5 Å². The summed E-state index contributed by atoms with van der Waals surface area (Å²) >= 11 is 0. The van der Waals surface area contributed by atoms with Crippen LogP contribution < -0.4 is 5.32 Å². The molecule has 1 atom stereocenters. The van der Waals surface area contributed by atoms with Crippen molar-refractivity contribution < 1.29 is 10.2 Å². The van der Waals surface area contributed by atoms with Crippen molar-refractivity contribution in [3.05, 3.63) is 12.3 Å². The predicted octanol–water partition coefficient (Wildman–Crippen LogP) is 0.408. The SMILES string of the molecule is C/C=C\NC(=NC)N1CCC(CO)(CO)C(C)C1. The van der Waals surface area contributed by atoms with Gasteiger partial charge in [0, 0.05) is 25.6 Å². The largest absolute Gasteiger partial charge is 0.396 e. The average molecular weight is 255 g/mol. The zero-order valence-electron chi connectivity index (χ0n) is 11.6. The quantitative estimate of drug-likeness (QED) is 0.505. The van der Waals surface area contributed by atoms with Crippen molar-refractivity contribution in [1.82, 2.24) is 10.2 Å². The number of aliphatic imine (C=N–C) groups is 1. The van der Waals surface area contributed by atoms with Gasteiger partial charge in [-0.25, -0.2) is 0 Å². The summed E-state index contributed by atoms with van der Waals surface area (Å²) in [5.74, 6) is 1.06. The summed E-state index contributed by atoms with van der Waals surface area (Å²) in [7, 11) is 1.76. The Morgan fingerprint density at radius 1 is 1.50 bits per heavy atom. The lowest BCUT2D eigenvalue weighted by atomic mass is 9.72. The molecule has 3 N–H and O–H groups in total. The van der Waals surface area contributed by atoms with E-state index >= 15 is 0 Å². The molecule has 1 aliphatic heterocycles. The first-order valence-corrected chi connectivity index (χ1v) is 6.44. The molecule has 1 heterocycles. The zero-order chi connectivity index (χ0) is 13.6. The smallest absolute Gasteiger partial charge is 0.197 e. The highest BCUT2D eigenvalue weighted by molar-refractivity contribution is 5.80. The van der Waals surface area contributed by atoms with Gasteiger partial charge in [-0.2, -0.15) is 0 Å². The molecule has 0 bridgehead atoms. The van der Waals surface area contributed by atoms with Crippen LogP contribution in [-0.2, 0) is 0 Å². The number of likely N-dealkylation sites (tertiary alicyclic amines) is 1. The molecular formula is C13H25N3O2. The Kier molecular flexibility index (Phi) is 5.62. The predicted molar refractivity (Wildman–Crippen MR) is 73.3 cm³/mol. The van der Waals surface area contributed by atoms with Gasteiger partial charge in [-0.1, -0.05) is 13.0 Å². The second kappa shape index (κ2) is 6.75. The fourth-order valence-corrected chi connectivity index (χ4v) is 2.39. The first kappa shape index (κ1) is 15.0. The standard InChI is InChI=1S/C13H25N3O2/c1-4-6-15-12(14-3)16-7-5-13(9-17,10-18)11(2)8-16/h4,6,11,17-18H,5,7-10H2,1-3H3,(H,14,15)/b6-4-. The summed E-state index contributed by atoms with van der Waals surface area (Å²) in [5.41, 5.74) is -0.351. The van der Waals surface area contributed by atoms with E-state index in [1.165, 1.54) is 0 Å². The number of rotatable bonds is 3. The summed E-state index contributed by atoms with van der Waals surface area (Å²) < 4.78 is 0. The van der Waals surface area contributed by atoms with Crippen LogP contribution in [0.15, 0.2) is 17.3 Å². The number of piperidine rings is 1. The molecule has 1 fully saturated rings. The van der Waals surface area contributed by atoms with E-state index in [2.05, 4.69) is 22.1 Å². The van der Waals surface area contributed by atoms with Gasteiger partial charge in [0.25, 0.3) is 0 Å². The van der Waals surface area contributed by atoms with E-state index in [9.17, 15) is 10.2 Å². The third kappa shape index (κ3) is 3.03. The molecule has 5 nitrogen and oxygen atoms in total. The van der Waals surface area contributed by atoms with E-state index in [0.29, 0.717) is 0 Å². The molecule has 1 rings (SSSR count). The molecule has 0 amide bonds. The van der Waals surface area contributed by atoms with Crippen molar-refractivity contribution in [2.75, 3.05) is 33.4 Å². The number of nitrogens with zero attached hydrogens (tertiary/aromatic N) is 2. The van der Waals surface area contributed by atoms with Crippen LogP contribution in [0.25, 0.3) is 0 Å². The van der Waals surface area contributed by atoms with Crippen LogP contribution in [0, 0.1) is 11.3 Å². The van der Waals surface area contributed by atoms with Gasteiger partial charge in [-0.05, 0) is 25.5 Å². The number of guanidine groups is 1. The third-order valence-electron chi connectivity index (χ3n) is 3.94. The molecule has 0 saturated carbocycles. The van der Waals surface area contributed by atoms with Gasteiger partial charge in [-0.15, -0.1) is 0 Å². The van der Waals surface area contributed by atoms with Crippen molar-refractivity contribution >= 4 is 5.96 Å². The van der Waals surface area contributed by atoms with Gasteiger partial charge in [0.2, 0.25) is 0 Å². The third-order valence-corrected chi connectivity index (χ3v) is 3.94. The van der Waals surface area contributed by atoms with E-state index in [4.69, 9.17) is 0 Å². The number of nitrogens with one attached hydrogen (secondary N) is 1. The van der Waals surface area contributed by atoms with Crippen molar-refractivity contribution in [3.63, 3.8) is 0 Å². The topological polar surface area (TPSA) is 68.1 Å². The minimum absolute atomic E-state index is 0.0411. The Balaban J connectivity index is 2.70. The first-order chi connectivity index (χ1) is 8.63. The second-order valence-corrected chi connectivity index (χ2v) is 4.97. The van der Waals surface area contributed by atoms with Crippen LogP contribution in [0.5, 0.6) is 0 Å². The molecule has 0 aromatic heterocycles. The molecular weight excluding hydrogens is 230 g/mol. The highest BCUT2D eigenvalue weighted by Crippen LogP contribution is 2.35. The number of hydrogen-bond donors (Lipinski definition) is 3. The number of aliphatic hydroxyl groups is 2. The summed E-state index contributed by atoms with van der Waals surface area (Å²) in [6.45, 7) is 5.68. The number of aliphatic hydroxyl groups excluding tert-OH is 2. The van der Waals surface area contributed by atoms with Crippen LogP contribution in [0.2, 0.25) is 0 Å². The summed E-state index contributed by atoms with van der Waals surface area (Å²) in [5, 5.41) is 22.1. The number of hydrogen-bond acceptors (Lipinski definition) is 3. The summed E-state index contributed by atoms with van der Waals surface area (Å²) in [6.07, 6.45) is 4.55. The molecule has 18 heavy (non-hydrogen) atoms. The summed E-state index contributed by atoms with van der Waals surface area (Å²) in [6, 6.07) is 0. The van der Waals surface area contributed by atoms with Gasteiger partial charge in [-0.3, -0.25) is 4.99 Å². The molecule has 0 aromatic carbocycles. The fourth-order valence-electron chi connectivity index (χ4n) is 2.39. The van der Waals surface area contributed by atoms with E-state index in [1.807, 2.05) is 19.2 Å². The van der Waals surface area contributed by atoms with Gasteiger partial charge >= 0.3 is 0 Å². The lowest BCUT2D eigenvalue weighted by molar-refractivity contribution is -0.0296. The highest BCUT2D eigenvalue weighted by Gasteiger charge is 2.40. The van der Waals surface area contributed by atoms with Gasteiger partial charge in [0.1, 0.15) is 0 Å². The second-order valence-electron chi connectivity index (χ2n) is 4.97. The van der Waals surface area contributed by atoms with Crippen LogP contribution >= 0.6 is 0 Å². The van der Waals surface area contributed by atoms with Crippen molar-refractivity contribution in [2.45, 2.75) is 20.3 Å². The van der Waals surface area contributed by atoms with Gasteiger partial charge in [0.15, 0.2) is 5.96 Å². The Morgan fingerprint density at radius 2 is 2.17 bits per heavy atom. The highest BCUT2D eigenvalue weighted by atomic mass is 16.3. The van der Waals surface area contributed by atoms with E-state index in [0.717, 1.165) is 25.5 Å². The van der Waals surface area contributed by atoms with Gasteiger partial charge in [0.05, 0.1) is 13.2 Å². The Morgan fingerprint density at radius 3 is 2.61 bits per heavy atom. The Labute approximate surface area is 109 Å². The minimum atomic E-state index is -0.351.